The van der Waals surface area contributed by atoms with E-state index in [-0.39, 0.29) is 0 Å². The van der Waals surface area contributed by atoms with Gasteiger partial charge < -0.3 is 15.0 Å². The van der Waals surface area contributed by atoms with E-state index in [0.29, 0.717) is 11.6 Å². The predicted octanol–water partition coefficient (Wildman–Crippen LogP) is 3.00. The molecular weight excluding hydrogens is 354 g/mol. The first-order chi connectivity index (χ1) is 13.9. The van der Waals surface area contributed by atoms with Gasteiger partial charge in [0.25, 0.3) is 0 Å². The fourth-order valence-corrected chi connectivity index (χ4v) is 3.27. The van der Waals surface area contributed by atoms with E-state index in [1.165, 1.54) is 5.69 Å². The van der Waals surface area contributed by atoms with Gasteiger partial charge in [-0.15, -0.1) is 0 Å². The van der Waals surface area contributed by atoms with Gasteiger partial charge in [-0.1, -0.05) is 0 Å². The second-order valence-corrected chi connectivity index (χ2v) is 6.53. The third-order valence-electron chi connectivity index (χ3n) is 4.74. The molecule has 1 fully saturated rings. The van der Waals surface area contributed by atoms with Gasteiger partial charge in [-0.25, -0.2) is 9.97 Å². The molecule has 4 aromatic rings. The zero-order valence-corrected chi connectivity index (χ0v) is 15.2. The lowest BCUT2D eigenvalue weighted by Crippen LogP contribution is -2.36. The predicted molar refractivity (Wildman–Crippen MR) is 108 cm³/mol. The smallest absolute Gasteiger partial charge is 0.162 e. The molecule has 0 spiro atoms. The molecule has 1 aliphatic heterocycles. The zero-order valence-electron chi connectivity index (χ0n) is 15.2. The maximum absolute atomic E-state index is 5.42. The lowest BCUT2D eigenvalue weighted by atomic mass is 10.2. The van der Waals surface area contributed by atoms with E-state index in [1.807, 2.05) is 12.1 Å². The monoisotopic (exact) mass is 373 g/mol. The molecule has 0 bridgehead atoms. The van der Waals surface area contributed by atoms with Crippen molar-refractivity contribution in [3.05, 3.63) is 55.0 Å². The average molecular weight is 373 g/mol. The number of anilines is 3. The second kappa shape index (κ2) is 7.24. The molecule has 0 unspecified atom stereocenters. The van der Waals surface area contributed by atoms with Gasteiger partial charge in [-0.2, -0.15) is 5.10 Å². The average Bonchev–Trinajstić information content (AvgIpc) is 3.25. The van der Waals surface area contributed by atoms with Crippen molar-refractivity contribution in [3.63, 3.8) is 0 Å². The molecular formula is C20H19N7O. The van der Waals surface area contributed by atoms with Crippen LogP contribution in [0.5, 0.6) is 0 Å². The molecule has 8 heteroatoms. The van der Waals surface area contributed by atoms with Gasteiger partial charge >= 0.3 is 0 Å². The molecule has 0 radical (unpaired) electrons. The van der Waals surface area contributed by atoms with Gasteiger partial charge in [0.15, 0.2) is 11.6 Å². The van der Waals surface area contributed by atoms with Gasteiger partial charge in [-0.05, 0) is 36.4 Å². The number of rotatable bonds is 4. The van der Waals surface area contributed by atoms with Crippen molar-refractivity contribution in [2.75, 3.05) is 36.5 Å². The quantitative estimate of drug-likeness (QED) is 0.568. The summed E-state index contributed by atoms with van der Waals surface area (Å²) in [5.41, 5.74) is 4.58. The highest BCUT2D eigenvalue weighted by molar-refractivity contribution is 5.88. The summed E-state index contributed by atoms with van der Waals surface area (Å²) in [6, 6.07) is 12.1. The summed E-state index contributed by atoms with van der Waals surface area (Å²) in [5, 5.41) is 10.5. The van der Waals surface area contributed by atoms with Crippen molar-refractivity contribution in [1.29, 1.82) is 0 Å². The molecule has 28 heavy (non-hydrogen) atoms. The summed E-state index contributed by atoms with van der Waals surface area (Å²) >= 11 is 0. The van der Waals surface area contributed by atoms with Crippen molar-refractivity contribution in [2.45, 2.75) is 0 Å². The topological polar surface area (TPSA) is 91.8 Å². The van der Waals surface area contributed by atoms with Crippen LogP contribution < -0.4 is 10.2 Å². The number of hydrogen-bond donors (Lipinski definition) is 2. The first-order valence-electron chi connectivity index (χ1n) is 9.18. The molecule has 0 aliphatic carbocycles. The minimum Gasteiger partial charge on any atom is -0.378 e. The van der Waals surface area contributed by atoms with Crippen LogP contribution in [0.1, 0.15) is 0 Å². The molecule has 0 saturated carbocycles. The van der Waals surface area contributed by atoms with E-state index in [2.05, 4.69) is 54.6 Å². The SMILES string of the molecule is c1cc(-c2nc(Nc3ccc(N4CCOCC4)cc3)c3[nH]ncc3n2)ccn1. The Morgan fingerprint density at radius 2 is 1.75 bits per heavy atom. The fraction of sp³-hybridized carbons (Fsp3) is 0.200. The molecule has 5 rings (SSSR count). The van der Waals surface area contributed by atoms with Crippen LogP contribution in [0.2, 0.25) is 0 Å². The Balaban J connectivity index is 1.45. The molecule has 8 nitrogen and oxygen atoms in total. The van der Waals surface area contributed by atoms with Crippen molar-refractivity contribution in [2.24, 2.45) is 0 Å². The van der Waals surface area contributed by atoms with Crippen LogP contribution in [-0.4, -0.2) is 51.5 Å². The number of H-pyrrole nitrogens is 1. The maximum atomic E-state index is 5.42. The van der Waals surface area contributed by atoms with Crippen molar-refractivity contribution < 1.29 is 4.74 Å². The molecule has 1 aromatic carbocycles. The van der Waals surface area contributed by atoms with E-state index in [4.69, 9.17) is 9.72 Å². The number of nitrogens with zero attached hydrogens (tertiary/aromatic N) is 5. The van der Waals surface area contributed by atoms with Crippen molar-refractivity contribution in [3.8, 4) is 11.4 Å². The largest absolute Gasteiger partial charge is 0.378 e. The van der Waals surface area contributed by atoms with E-state index >= 15 is 0 Å². The molecule has 0 amide bonds. The number of ether oxygens (including phenoxy) is 1. The Kier molecular flexibility index (Phi) is 4.30. The van der Waals surface area contributed by atoms with Crippen LogP contribution >= 0.6 is 0 Å². The summed E-state index contributed by atoms with van der Waals surface area (Å²) < 4.78 is 5.42. The lowest BCUT2D eigenvalue weighted by molar-refractivity contribution is 0.122. The third-order valence-corrected chi connectivity index (χ3v) is 4.74. The number of hydrogen-bond acceptors (Lipinski definition) is 7. The summed E-state index contributed by atoms with van der Waals surface area (Å²) in [6.45, 7) is 3.39. The van der Waals surface area contributed by atoms with Gasteiger partial charge in [0, 0.05) is 42.4 Å². The molecule has 1 aliphatic rings. The normalized spacial score (nSPS) is 14.4. The van der Waals surface area contributed by atoms with Crippen LogP contribution in [0.3, 0.4) is 0 Å². The second-order valence-electron chi connectivity index (χ2n) is 6.53. The molecule has 2 N–H and O–H groups in total. The van der Waals surface area contributed by atoms with Gasteiger partial charge in [-0.3, -0.25) is 10.1 Å². The Morgan fingerprint density at radius 3 is 2.54 bits per heavy atom. The van der Waals surface area contributed by atoms with Gasteiger partial charge in [0.1, 0.15) is 11.0 Å². The Labute approximate surface area is 161 Å². The highest BCUT2D eigenvalue weighted by atomic mass is 16.5. The Morgan fingerprint density at radius 1 is 0.964 bits per heavy atom. The minimum absolute atomic E-state index is 0.628. The fourth-order valence-electron chi connectivity index (χ4n) is 3.27. The minimum atomic E-state index is 0.628. The number of aromatic nitrogens is 5. The highest BCUT2D eigenvalue weighted by Crippen LogP contribution is 2.27. The van der Waals surface area contributed by atoms with Crippen molar-refractivity contribution >= 4 is 28.2 Å². The van der Waals surface area contributed by atoms with E-state index in [1.54, 1.807) is 18.6 Å². The summed E-state index contributed by atoms with van der Waals surface area (Å²) in [6.07, 6.45) is 5.17. The molecule has 3 aromatic heterocycles. The van der Waals surface area contributed by atoms with Gasteiger partial charge in [0.05, 0.1) is 19.4 Å². The van der Waals surface area contributed by atoms with Crippen molar-refractivity contribution in [1.82, 2.24) is 25.1 Å². The number of morpholine rings is 1. The molecule has 0 atom stereocenters. The van der Waals surface area contributed by atoms with Crippen LogP contribution in [0.4, 0.5) is 17.2 Å². The van der Waals surface area contributed by atoms with E-state index in [0.717, 1.165) is 48.6 Å². The summed E-state index contributed by atoms with van der Waals surface area (Å²) in [4.78, 5) is 15.7. The van der Waals surface area contributed by atoms with Crippen LogP contribution in [0.15, 0.2) is 55.0 Å². The highest BCUT2D eigenvalue weighted by Gasteiger charge is 2.13. The number of fused-ring (bicyclic) bond motifs is 1. The number of aromatic amines is 1. The molecule has 140 valence electrons. The van der Waals surface area contributed by atoms with Gasteiger partial charge in [0.2, 0.25) is 0 Å². The lowest BCUT2D eigenvalue weighted by Gasteiger charge is -2.28. The van der Waals surface area contributed by atoms with E-state index < -0.39 is 0 Å². The molecule has 4 heterocycles. The van der Waals surface area contributed by atoms with E-state index in [9.17, 15) is 0 Å². The van der Waals surface area contributed by atoms with Crippen LogP contribution in [0.25, 0.3) is 22.4 Å². The van der Waals surface area contributed by atoms with Crippen LogP contribution in [-0.2, 0) is 4.74 Å². The first kappa shape index (κ1) is 16.6. The number of benzene rings is 1. The standard InChI is InChI=1S/C20H19N7O/c1-3-16(27-9-11-28-12-10-27)4-2-15(1)23-20-18-17(13-22-26-18)24-19(25-20)14-5-7-21-8-6-14/h1-8,13H,9-12H2,(H,22,26)(H,23,24,25). The number of pyridine rings is 1. The third kappa shape index (κ3) is 3.25. The summed E-state index contributed by atoms with van der Waals surface area (Å²) in [5.74, 6) is 1.32. The Bertz CT molecular complexity index is 1070. The zero-order chi connectivity index (χ0) is 18.8. The Hall–Kier alpha value is -3.52. The maximum Gasteiger partial charge on any atom is 0.162 e. The number of nitrogens with one attached hydrogen (secondary N) is 2. The summed E-state index contributed by atoms with van der Waals surface area (Å²) in [7, 11) is 0. The first-order valence-corrected chi connectivity index (χ1v) is 9.18. The van der Waals surface area contributed by atoms with Crippen LogP contribution in [0, 0.1) is 0 Å². The molecule has 1 saturated heterocycles.